The molecule has 1 aliphatic heterocycles. The summed E-state index contributed by atoms with van der Waals surface area (Å²) in [6.45, 7) is 2.88. The minimum absolute atomic E-state index is 0.0637. The van der Waals surface area contributed by atoms with E-state index >= 15 is 0 Å². The van der Waals surface area contributed by atoms with Crippen LogP contribution in [0.25, 0.3) is 0 Å². The highest BCUT2D eigenvalue weighted by Gasteiger charge is 2.21. The summed E-state index contributed by atoms with van der Waals surface area (Å²) in [5.74, 6) is -0.241. The molecule has 31 heavy (non-hydrogen) atoms. The molecule has 8 heteroatoms. The van der Waals surface area contributed by atoms with Crippen LogP contribution < -0.4 is 5.32 Å². The zero-order chi connectivity index (χ0) is 22.1. The van der Waals surface area contributed by atoms with Gasteiger partial charge in [0.1, 0.15) is 0 Å². The van der Waals surface area contributed by atoms with Gasteiger partial charge >= 0.3 is 0 Å². The molecule has 0 spiro atoms. The van der Waals surface area contributed by atoms with E-state index in [0.29, 0.717) is 12.0 Å². The van der Waals surface area contributed by atoms with Crippen LogP contribution >= 0.6 is 0 Å². The van der Waals surface area contributed by atoms with Crippen molar-refractivity contribution < 1.29 is 13.2 Å². The Bertz CT molecular complexity index is 993. The first-order chi connectivity index (χ1) is 15.0. The molecule has 2 heterocycles. The lowest BCUT2D eigenvalue weighted by atomic mass is 10.0. The number of carbonyl (C=O) groups is 1. The maximum absolute atomic E-state index is 12.6. The molecular formula is C23H28N4O3S. The van der Waals surface area contributed by atoms with Gasteiger partial charge in [0.2, 0.25) is 0 Å². The molecule has 0 atom stereocenters. The van der Waals surface area contributed by atoms with E-state index in [-0.39, 0.29) is 29.0 Å². The summed E-state index contributed by atoms with van der Waals surface area (Å²) < 4.78 is 24.5. The first kappa shape index (κ1) is 22.9. The molecule has 0 unspecified atom stereocenters. The predicted octanol–water partition coefficient (Wildman–Crippen LogP) is 2.60. The van der Waals surface area contributed by atoms with E-state index in [4.69, 9.17) is 5.26 Å². The van der Waals surface area contributed by atoms with E-state index in [1.165, 1.54) is 17.7 Å². The van der Waals surface area contributed by atoms with Gasteiger partial charge in [-0.25, -0.2) is 8.42 Å². The molecule has 1 N–H and O–H groups in total. The average molecular weight is 441 g/mol. The molecule has 0 bridgehead atoms. The molecule has 1 aromatic heterocycles. The number of rotatable bonds is 9. The van der Waals surface area contributed by atoms with Crippen LogP contribution in [0.4, 0.5) is 0 Å². The number of amides is 1. The fourth-order valence-electron chi connectivity index (χ4n) is 3.68. The molecule has 1 saturated heterocycles. The van der Waals surface area contributed by atoms with Gasteiger partial charge in [0, 0.05) is 50.1 Å². The van der Waals surface area contributed by atoms with Gasteiger partial charge < -0.3 is 10.2 Å². The molecule has 0 saturated carbocycles. The zero-order valence-corrected chi connectivity index (χ0v) is 18.4. The van der Waals surface area contributed by atoms with Gasteiger partial charge in [0.05, 0.1) is 16.7 Å². The second-order valence-corrected chi connectivity index (χ2v) is 9.91. The van der Waals surface area contributed by atoms with E-state index in [1.54, 1.807) is 12.1 Å². The molecule has 3 rings (SSSR count). The molecule has 0 aliphatic carbocycles. The molecule has 1 aliphatic rings. The van der Waals surface area contributed by atoms with Crippen LogP contribution in [0, 0.1) is 11.3 Å². The predicted molar refractivity (Wildman–Crippen MR) is 118 cm³/mol. The van der Waals surface area contributed by atoms with Crippen molar-refractivity contribution in [2.75, 3.05) is 25.4 Å². The van der Waals surface area contributed by atoms with Crippen molar-refractivity contribution in [2.24, 2.45) is 0 Å². The molecule has 0 radical (unpaired) electrons. The second-order valence-electron chi connectivity index (χ2n) is 7.80. The van der Waals surface area contributed by atoms with Crippen molar-refractivity contribution in [3.8, 4) is 6.07 Å². The normalized spacial score (nSPS) is 15.3. The lowest BCUT2D eigenvalue weighted by Gasteiger charge is -2.32. The highest BCUT2D eigenvalue weighted by molar-refractivity contribution is 7.91. The summed E-state index contributed by atoms with van der Waals surface area (Å²) in [7, 11) is -3.43. The summed E-state index contributed by atoms with van der Waals surface area (Å²) in [5, 5.41) is 11.6. The number of nitriles is 1. The van der Waals surface area contributed by atoms with Crippen LogP contribution in [-0.2, 0) is 16.3 Å². The number of sulfone groups is 1. The summed E-state index contributed by atoms with van der Waals surface area (Å²) in [4.78, 5) is 19.2. The van der Waals surface area contributed by atoms with Crippen LogP contribution in [0.15, 0.2) is 53.7 Å². The van der Waals surface area contributed by atoms with E-state index in [1.807, 2.05) is 30.6 Å². The lowest BCUT2D eigenvalue weighted by Crippen LogP contribution is -2.45. The molecule has 1 aromatic carbocycles. The Morgan fingerprint density at radius 2 is 1.81 bits per heavy atom. The highest BCUT2D eigenvalue weighted by atomic mass is 32.2. The number of carbonyl (C=O) groups excluding carboxylic acids is 1. The van der Waals surface area contributed by atoms with Gasteiger partial charge in [-0.1, -0.05) is 0 Å². The Hall–Kier alpha value is -2.76. The number of likely N-dealkylation sites (tertiary alicyclic amines) is 1. The Labute approximate surface area is 184 Å². The number of hydrogen-bond acceptors (Lipinski definition) is 6. The Morgan fingerprint density at radius 3 is 2.45 bits per heavy atom. The van der Waals surface area contributed by atoms with Crippen molar-refractivity contribution in [1.29, 1.82) is 5.26 Å². The van der Waals surface area contributed by atoms with E-state index < -0.39 is 9.84 Å². The topological polar surface area (TPSA) is 103 Å². The van der Waals surface area contributed by atoms with Gasteiger partial charge in [-0.05, 0) is 67.6 Å². The van der Waals surface area contributed by atoms with Gasteiger partial charge in [0.25, 0.3) is 5.91 Å². The number of unbranched alkanes of at least 4 members (excludes halogenated alkanes) is 1. The average Bonchev–Trinajstić information content (AvgIpc) is 2.79. The van der Waals surface area contributed by atoms with Crippen LogP contribution in [0.5, 0.6) is 0 Å². The largest absolute Gasteiger partial charge is 0.349 e. The Balaban J connectivity index is 1.45. The van der Waals surface area contributed by atoms with E-state index in [9.17, 15) is 13.2 Å². The first-order valence-electron chi connectivity index (χ1n) is 10.6. The van der Waals surface area contributed by atoms with Gasteiger partial charge in [-0.3, -0.25) is 9.78 Å². The minimum Gasteiger partial charge on any atom is -0.349 e. The second kappa shape index (κ2) is 11.0. The summed E-state index contributed by atoms with van der Waals surface area (Å²) >= 11 is 0. The third-order valence-electron chi connectivity index (χ3n) is 5.57. The third kappa shape index (κ3) is 6.88. The van der Waals surface area contributed by atoms with Crippen LogP contribution in [-0.4, -0.2) is 55.6 Å². The van der Waals surface area contributed by atoms with Crippen LogP contribution in [0.1, 0.15) is 41.6 Å². The lowest BCUT2D eigenvalue weighted by molar-refractivity contribution is 0.0911. The van der Waals surface area contributed by atoms with Crippen LogP contribution in [0.2, 0.25) is 0 Å². The monoisotopic (exact) mass is 440 g/mol. The smallest absolute Gasteiger partial charge is 0.251 e. The number of aromatic nitrogens is 1. The first-order valence-corrected chi connectivity index (χ1v) is 12.2. The van der Waals surface area contributed by atoms with Crippen LogP contribution in [0.3, 0.4) is 0 Å². The number of benzene rings is 1. The molecule has 1 amide bonds. The summed E-state index contributed by atoms with van der Waals surface area (Å²) in [5.41, 5.74) is 1.73. The molecule has 2 aromatic rings. The maximum atomic E-state index is 12.6. The number of piperidine rings is 1. The fraction of sp³-hybridized carbons (Fsp3) is 0.435. The standard InChI is InChI=1S/C23H28N4O3S/c24-12-1-2-18-31(29,30)22-5-3-20(4-6-22)23(28)26-21-10-16-27(17-11-21)15-9-19-7-13-25-14-8-19/h3-8,13-14,21H,1-2,9-11,15-18H2,(H,26,28). The van der Waals surface area contributed by atoms with Crippen molar-refractivity contribution in [1.82, 2.24) is 15.2 Å². The SMILES string of the molecule is N#CCCCS(=O)(=O)c1ccc(C(=O)NC2CCN(CCc3ccncc3)CC2)cc1. The molecule has 7 nitrogen and oxygen atoms in total. The molecule has 1 fully saturated rings. The summed E-state index contributed by atoms with van der Waals surface area (Å²) in [6, 6.07) is 12.2. The Kier molecular flexibility index (Phi) is 8.15. The third-order valence-corrected chi connectivity index (χ3v) is 7.38. The van der Waals surface area contributed by atoms with Crippen molar-refractivity contribution in [3.63, 3.8) is 0 Å². The molecular weight excluding hydrogens is 412 g/mol. The number of nitrogens with one attached hydrogen (secondary N) is 1. The van der Waals surface area contributed by atoms with Crippen molar-refractivity contribution >= 4 is 15.7 Å². The Morgan fingerprint density at radius 1 is 1.13 bits per heavy atom. The van der Waals surface area contributed by atoms with Gasteiger partial charge in [-0.2, -0.15) is 5.26 Å². The van der Waals surface area contributed by atoms with Gasteiger partial charge in [-0.15, -0.1) is 0 Å². The minimum atomic E-state index is -3.43. The quantitative estimate of drug-likeness (QED) is 0.601. The zero-order valence-electron chi connectivity index (χ0n) is 17.5. The van der Waals surface area contributed by atoms with Gasteiger partial charge in [0.15, 0.2) is 9.84 Å². The number of nitrogens with zero attached hydrogens (tertiary/aromatic N) is 3. The fourth-order valence-corrected chi connectivity index (χ4v) is 4.99. The number of hydrogen-bond donors (Lipinski definition) is 1. The van der Waals surface area contributed by atoms with E-state index in [2.05, 4.69) is 15.2 Å². The van der Waals surface area contributed by atoms with Crippen molar-refractivity contribution in [3.05, 3.63) is 59.9 Å². The summed E-state index contributed by atoms with van der Waals surface area (Å²) in [6.07, 6.45) is 6.93. The van der Waals surface area contributed by atoms with Crippen molar-refractivity contribution in [2.45, 2.75) is 43.0 Å². The highest BCUT2D eigenvalue weighted by Crippen LogP contribution is 2.16. The maximum Gasteiger partial charge on any atom is 0.251 e. The number of pyridine rings is 1. The van der Waals surface area contributed by atoms with E-state index in [0.717, 1.165) is 38.9 Å². The molecule has 164 valence electrons.